The number of rotatable bonds is 8. The van der Waals surface area contributed by atoms with Crippen LogP contribution in [0.25, 0.3) is 0 Å². The molecule has 0 aliphatic carbocycles. The van der Waals surface area contributed by atoms with Crippen LogP contribution in [0.1, 0.15) is 30.3 Å². The normalized spacial score (nSPS) is 12.9. The van der Waals surface area contributed by atoms with Crippen molar-refractivity contribution in [3.8, 4) is 0 Å². The molecule has 4 heteroatoms. The van der Waals surface area contributed by atoms with Crippen LogP contribution < -0.4 is 5.32 Å². The summed E-state index contributed by atoms with van der Waals surface area (Å²) in [7, 11) is 0. The van der Waals surface area contributed by atoms with Gasteiger partial charge in [-0.1, -0.05) is 13.3 Å². The van der Waals surface area contributed by atoms with Crippen LogP contribution in [-0.2, 0) is 6.42 Å². The summed E-state index contributed by atoms with van der Waals surface area (Å²) in [5, 5.41) is 12.3. The van der Waals surface area contributed by atoms with Crippen LogP contribution in [0.5, 0.6) is 0 Å². The Labute approximate surface area is 102 Å². The van der Waals surface area contributed by atoms with E-state index in [1.165, 1.54) is 4.88 Å². The molecular weight excluding hydrogens is 220 g/mol. The zero-order valence-electron chi connectivity index (χ0n) is 10.2. The molecule has 0 radical (unpaired) electrons. The molecule has 0 amide bonds. The van der Waals surface area contributed by atoms with Crippen LogP contribution in [0.15, 0.2) is 5.51 Å². The predicted octanol–water partition coefficient (Wildman–Crippen LogP) is 1.99. The zero-order valence-corrected chi connectivity index (χ0v) is 11.0. The molecule has 1 aromatic heterocycles. The lowest BCUT2D eigenvalue weighted by molar-refractivity contribution is 0.251. The van der Waals surface area contributed by atoms with E-state index in [4.69, 9.17) is 5.11 Å². The van der Waals surface area contributed by atoms with Crippen LogP contribution in [0.3, 0.4) is 0 Å². The summed E-state index contributed by atoms with van der Waals surface area (Å²) >= 11 is 1.73. The van der Waals surface area contributed by atoms with Crippen molar-refractivity contribution in [2.75, 3.05) is 19.7 Å². The summed E-state index contributed by atoms with van der Waals surface area (Å²) in [5.74, 6) is 0.604. The maximum absolute atomic E-state index is 8.88. The van der Waals surface area contributed by atoms with Gasteiger partial charge in [0.2, 0.25) is 0 Å². The molecule has 1 aromatic rings. The lowest BCUT2D eigenvalue weighted by atomic mass is 10.0. The van der Waals surface area contributed by atoms with Crippen LogP contribution in [0.4, 0.5) is 0 Å². The number of aromatic nitrogens is 1. The number of aliphatic hydroxyl groups excluding tert-OH is 1. The molecule has 0 aliphatic rings. The largest absolute Gasteiger partial charge is 0.396 e. The monoisotopic (exact) mass is 242 g/mol. The summed E-state index contributed by atoms with van der Waals surface area (Å²) in [5.41, 5.74) is 3.07. The summed E-state index contributed by atoms with van der Waals surface area (Å²) in [6.45, 7) is 6.55. The average molecular weight is 242 g/mol. The van der Waals surface area contributed by atoms with Crippen LogP contribution in [0, 0.1) is 12.8 Å². The standard InChI is InChI=1S/C12H22N2OS/c1-3-11(5-7-15)8-13-6-4-12-10(2)14-9-16-12/h9,11,13,15H,3-8H2,1-2H3. The van der Waals surface area contributed by atoms with Crippen molar-refractivity contribution < 1.29 is 5.11 Å². The third-order valence-corrected chi connectivity index (χ3v) is 3.92. The molecule has 0 bridgehead atoms. The van der Waals surface area contributed by atoms with Crippen molar-refractivity contribution in [1.29, 1.82) is 0 Å². The second-order valence-electron chi connectivity index (χ2n) is 4.10. The first-order valence-electron chi connectivity index (χ1n) is 5.98. The molecule has 2 N–H and O–H groups in total. The molecule has 0 aliphatic heterocycles. The van der Waals surface area contributed by atoms with Gasteiger partial charge >= 0.3 is 0 Å². The van der Waals surface area contributed by atoms with Crippen molar-refractivity contribution in [2.24, 2.45) is 5.92 Å². The van der Waals surface area contributed by atoms with E-state index in [1.807, 2.05) is 5.51 Å². The quantitative estimate of drug-likeness (QED) is 0.685. The molecule has 92 valence electrons. The second-order valence-corrected chi connectivity index (χ2v) is 5.04. The van der Waals surface area contributed by atoms with Gasteiger partial charge in [-0.15, -0.1) is 11.3 Å². The molecule has 0 saturated carbocycles. The molecule has 1 atom stereocenters. The summed E-state index contributed by atoms with van der Waals surface area (Å²) in [6, 6.07) is 0. The smallest absolute Gasteiger partial charge is 0.0797 e. The number of nitrogens with one attached hydrogen (secondary N) is 1. The number of nitrogens with zero attached hydrogens (tertiary/aromatic N) is 1. The molecule has 3 nitrogen and oxygen atoms in total. The molecule has 0 fully saturated rings. The molecule has 0 aromatic carbocycles. The third-order valence-electron chi connectivity index (χ3n) is 2.92. The van der Waals surface area contributed by atoms with Gasteiger partial charge in [0.15, 0.2) is 0 Å². The Morgan fingerprint density at radius 2 is 2.38 bits per heavy atom. The Kier molecular flexibility index (Phi) is 6.61. The Bertz CT molecular complexity index is 288. The molecule has 1 unspecified atom stereocenters. The van der Waals surface area contributed by atoms with Gasteiger partial charge < -0.3 is 10.4 Å². The van der Waals surface area contributed by atoms with E-state index in [9.17, 15) is 0 Å². The summed E-state index contributed by atoms with van der Waals surface area (Å²) in [4.78, 5) is 5.61. The molecule has 0 saturated heterocycles. The van der Waals surface area contributed by atoms with Crippen LogP contribution >= 0.6 is 11.3 Å². The minimum atomic E-state index is 0.300. The first-order valence-corrected chi connectivity index (χ1v) is 6.86. The number of thiazole rings is 1. The highest BCUT2D eigenvalue weighted by Crippen LogP contribution is 2.12. The Morgan fingerprint density at radius 1 is 1.56 bits per heavy atom. The van der Waals surface area contributed by atoms with Gasteiger partial charge in [0.25, 0.3) is 0 Å². The van der Waals surface area contributed by atoms with Crippen molar-refractivity contribution in [1.82, 2.24) is 10.3 Å². The lowest BCUT2D eigenvalue weighted by Gasteiger charge is -2.13. The second kappa shape index (κ2) is 7.76. The van der Waals surface area contributed by atoms with Gasteiger partial charge in [0.05, 0.1) is 11.2 Å². The molecule has 16 heavy (non-hydrogen) atoms. The number of hydrogen-bond acceptors (Lipinski definition) is 4. The van der Waals surface area contributed by atoms with Crippen LogP contribution in [0.2, 0.25) is 0 Å². The minimum absolute atomic E-state index is 0.300. The first-order chi connectivity index (χ1) is 7.77. The first kappa shape index (κ1) is 13.6. The van der Waals surface area contributed by atoms with Gasteiger partial charge in [-0.2, -0.15) is 0 Å². The molecule has 1 rings (SSSR count). The molecule has 0 spiro atoms. The van der Waals surface area contributed by atoms with E-state index in [0.717, 1.165) is 38.0 Å². The zero-order chi connectivity index (χ0) is 11.8. The maximum atomic E-state index is 8.88. The average Bonchev–Trinajstić information content (AvgIpc) is 2.69. The van der Waals surface area contributed by atoms with Gasteiger partial charge in [-0.3, -0.25) is 0 Å². The maximum Gasteiger partial charge on any atom is 0.0797 e. The summed E-state index contributed by atoms with van der Waals surface area (Å²) < 4.78 is 0. The molecule has 1 heterocycles. The van der Waals surface area contributed by atoms with E-state index in [-0.39, 0.29) is 0 Å². The fourth-order valence-corrected chi connectivity index (χ4v) is 2.49. The predicted molar refractivity (Wildman–Crippen MR) is 68.9 cm³/mol. The SMILES string of the molecule is CCC(CCO)CNCCc1scnc1C. The van der Waals surface area contributed by atoms with Crippen LogP contribution in [-0.4, -0.2) is 29.8 Å². The molecular formula is C12H22N2OS. The number of aryl methyl sites for hydroxylation is 1. The fraction of sp³-hybridized carbons (Fsp3) is 0.750. The van der Waals surface area contributed by atoms with E-state index in [2.05, 4.69) is 24.1 Å². The van der Waals surface area contributed by atoms with E-state index < -0.39 is 0 Å². The van der Waals surface area contributed by atoms with Gasteiger partial charge in [0, 0.05) is 18.0 Å². The van der Waals surface area contributed by atoms with E-state index in [1.54, 1.807) is 11.3 Å². The number of hydrogen-bond donors (Lipinski definition) is 2. The highest BCUT2D eigenvalue weighted by molar-refractivity contribution is 7.09. The van der Waals surface area contributed by atoms with E-state index >= 15 is 0 Å². The van der Waals surface area contributed by atoms with Crippen molar-refractivity contribution in [3.63, 3.8) is 0 Å². The minimum Gasteiger partial charge on any atom is -0.396 e. The lowest BCUT2D eigenvalue weighted by Crippen LogP contribution is -2.25. The number of aliphatic hydroxyl groups is 1. The van der Waals surface area contributed by atoms with Crippen molar-refractivity contribution >= 4 is 11.3 Å². The summed E-state index contributed by atoms with van der Waals surface area (Å²) in [6.07, 6.45) is 3.10. The van der Waals surface area contributed by atoms with Gasteiger partial charge in [-0.05, 0) is 32.2 Å². The van der Waals surface area contributed by atoms with E-state index in [0.29, 0.717) is 12.5 Å². The Morgan fingerprint density at radius 3 is 2.94 bits per heavy atom. The fourth-order valence-electron chi connectivity index (χ4n) is 1.71. The van der Waals surface area contributed by atoms with Crippen molar-refractivity contribution in [3.05, 3.63) is 16.1 Å². The van der Waals surface area contributed by atoms with Gasteiger partial charge in [0.1, 0.15) is 0 Å². The highest BCUT2D eigenvalue weighted by Gasteiger charge is 2.05. The Balaban J connectivity index is 2.14. The highest BCUT2D eigenvalue weighted by atomic mass is 32.1. The topological polar surface area (TPSA) is 45.1 Å². The van der Waals surface area contributed by atoms with Crippen molar-refractivity contribution in [2.45, 2.75) is 33.1 Å². The Hall–Kier alpha value is -0.450. The third kappa shape index (κ3) is 4.60. The van der Waals surface area contributed by atoms with Gasteiger partial charge in [-0.25, -0.2) is 4.98 Å².